The maximum atomic E-state index is 11.4. The predicted octanol–water partition coefficient (Wildman–Crippen LogP) is 3.21. The Bertz CT molecular complexity index is 229. The number of hydrogen-bond donors (Lipinski definition) is 1. The quantitative estimate of drug-likeness (QED) is 0.641. The lowest BCUT2D eigenvalue weighted by Crippen LogP contribution is -2.23. The highest BCUT2D eigenvalue weighted by Crippen LogP contribution is 2.06. The second-order valence-electron chi connectivity index (χ2n) is 3.54. The molecule has 1 N–H and O–H groups in total. The zero-order chi connectivity index (χ0) is 11.5. The summed E-state index contributed by atoms with van der Waals surface area (Å²) in [6.45, 7) is 7.02. The van der Waals surface area contributed by atoms with Gasteiger partial charge >= 0.3 is 0 Å². The van der Waals surface area contributed by atoms with Crippen molar-refractivity contribution >= 4 is 5.91 Å². The zero-order valence-corrected chi connectivity index (χ0v) is 10.2. The summed E-state index contributed by atoms with van der Waals surface area (Å²) in [5.74, 6) is 0.134. The minimum absolute atomic E-state index is 0.134. The largest absolute Gasteiger partial charge is 0.356 e. The molecule has 2 nitrogen and oxygen atoms in total. The number of amides is 1. The van der Waals surface area contributed by atoms with Crippen molar-refractivity contribution in [2.45, 2.75) is 46.5 Å². The lowest BCUT2D eigenvalue weighted by molar-refractivity contribution is -0.120. The minimum atomic E-state index is 0.134. The van der Waals surface area contributed by atoms with Crippen LogP contribution in [0.3, 0.4) is 0 Å². The maximum absolute atomic E-state index is 11.4. The number of hydrogen-bond acceptors (Lipinski definition) is 1. The van der Waals surface area contributed by atoms with Crippen LogP contribution < -0.4 is 5.32 Å². The van der Waals surface area contributed by atoms with Gasteiger partial charge in [-0.15, -0.1) is 0 Å². The number of carbonyl (C=O) groups is 1. The summed E-state index contributed by atoms with van der Waals surface area (Å²) in [5, 5.41) is 2.88. The van der Waals surface area contributed by atoms with Crippen molar-refractivity contribution in [3.8, 4) is 0 Å². The number of allylic oxidation sites excluding steroid dienone is 3. The first-order valence-electron chi connectivity index (χ1n) is 5.85. The Hall–Kier alpha value is -1.05. The van der Waals surface area contributed by atoms with E-state index in [2.05, 4.69) is 38.2 Å². The van der Waals surface area contributed by atoms with E-state index in [4.69, 9.17) is 0 Å². The molecule has 0 rings (SSSR count). The molecule has 0 saturated heterocycles. The average Bonchev–Trinajstić information content (AvgIpc) is 2.25. The second kappa shape index (κ2) is 9.50. The standard InChI is InChI=1S/C13H23NO/c1-4-7-8-9-12(6-3)11-13(15)14-10-5-2/h7-9H,4-6,10-11H2,1-3H3,(H,14,15). The first kappa shape index (κ1) is 13.9. The highest BCUT2D eigenvalue weighted by molar-refractivity contribution is 5.78. The second-order valence-corrected chi connectivity index (χ2v) is 3.54. The fourth-order valence-electron chi connectivity index (χ4n) is 1.18. The van der Waals surface area contributed by atoms with Crippen molar-refractivity contribution in [1.29, 1.82) is 0 Å². The van der Waals surface area contributed by atoms with Crippen molar-refractivity contribution in [2.75, 3.05) is 6.54 Å². The molecule has 15 heavy (non-hydrogen) atoms. The molecule has 0 aliphatic carbocycles. The third-order valence-corrected chi connectivity index (χ3v) is 2.12. The van der Waals surface area contributed by atoms with Crippen LogP contribution in [0, 0.1) is 0 Å². The Morgan fingerprint density at radius 3 is 2.53 bits per heavy atom. The lowest BCUT2D eigenvalue weighted by atomic mass is 10.1. The molecule has 0 aromatic heterocycles. The summed E-state index contributed by atoms with van der Waals surface area (Å²) in [7, 11) is 0. The summed E-state index contributed by atoms with van der Waals surface area (Å²) in [6.07, 6.45) is 9.68. The highest BCUT2D eigenvalue weighted by Gasteiger charge is 2.02. The molecule has 2 heteroatoms. The number of rotatable bonds is 7. The van der Waals surface area contributed by atoms with Crippen LogP contribution in [-0.2, 0) is 4.79 Å². The van der Waals surface area contributed by atoms with Gasteiger partial charge in [-0.05, 0) is 19.3 Å². The minimum Gasteiger partial charge on any atom is -0.356 e. The Kier molecular flexibility index (Phi) is 8.84. The van der Waals surface area contributed by atoms with Gasteiger partial charge in [0.05, 0.1) is 0 Å². The van der Waals surface area contributed by atoms with E-state index < -0.39 is 0 Å². The van der Waals surface area contributed by atoms with E-state index >= 15 is 0 Å². The van der Waals surface area contributed by atoms with E-state index in [0.29, 0.717) is 6.42 Å². The zero-order valence-electron chi connectivity index (χ0n) is 10.2. The Morgan fingerprint density at radius 2 is 2.00 bits per heavy atom. The molecule has 0 aliphatic rings. The van der Waals surface area contributed by atoms with Crippen LogP contribution in [0.4, 0.5) is 0 Å². The lowest BCUT2D eigenvalue weighted by Gasteiger charge is -2.04. The summed E-state index contributed by atoms with van der Waals surface area (Å²) in [6, 6.07) is 0. The van der Waals surface area contributed by atoms with E-state index in [1.807, 2.05) is 6.08 Å². The fourth-order valence-corrected chi connectivity index (χ4v) is 1.18. The van der Waals surface area contributed by atoms with Crippen LogP contribution in [0.25, 0.3) is 0 Å². The van der Waals surface area contributed by atoms with Gasteiger partial charge in [-0.2, -0.15) is 0 Å². The van der Waals surface area contributed by atoms with Crippen LogP contribution in [0.5, 0.6) is 0 Å². The van der Waals surface area contributed by atoms with E-state index in [-0.39, 0.29) is 5.91 Å². The van der Waals surface area contributed by atoms with Crippen LogP contribution in [0.1, 0.15) is 46.5 Å². The third kappa shape index (κ3) is 7.98. The Balaban J connectivity index is 4.02. The van der Waals surface area contributed by atoms with Gasteiger partial charge < -0.3 is 5.32 Å². The van der Waals surface area contributed by atoms with Gasteiger partial charge in [0.2, 0.25) is 5.91 Å². The van der Waals surface area contributed by atoms with Gasteiger partial charge in [-0.3, -0.25) is 4.79 Å². The summed E-state index contributed by atoms with van der Waals surface area (Å²) < 4.78 is 0. The monoisotopic (exact) mass is 209 g/mol. The first-order valence-corrected chi connectivity index (χ1v) is 5.85. The van der Waals surface area contributed by atoms with E-state index in [1.165, 1.54) is 5.57 Å². The molecule has 0 bridgehead atoms. The average molecular weight is 209 g/mol. The van der Waals surface area contributed by atoms with E-state index in [1.54, 1.807) is 0 Å². The van der Waals surface area contributed by atoms with Crippen molar-refractivity contribution in [1.82, 2.24) is 5.32 Å². The molecule has 0 unspecified atom stereocenters. The molecule has 86 valence electrons. The van der Waals surface area contributed by atoms with E-state index in [0.717, 1.165) is 25.8 Å². The van der Waals surface area contributed by atoms with Crippen molar-refractivity contribution in [3.63, 3.8) is 0 Å². The molecule has 0 aliphatic heterocycles. The van der Waals surface area contributed by atoms with Crippen LogP contribution in [0.2, 0.25) is 0 Å². The maximum Gasteiger partial charge on any atom is 0.224 e. The van der Waals surface area contributed by atoms with Gasteiger partial charge in [-0.1, -0.05) is 44.6 Å². The molecule has 0 heterocycles. The number of nitrogens with one attached hydrogen (secondary N) is 1. The summed E-state index contributed by atoms with van der Waals surface area (Å²) >= 11 is 0. The van der Waals surface area contributed by atoms with Gasteiger partial charge in [0.25, 0.3) is 0 Å². The van der Waals surface area contributed by atoms with Crippen LogP contribution in [-0.4, -0.2) is 12.5 Å². The smallest absolute Gasteiger partial charge is 0.224 e. The Morgan fingerprint density at radius 1 is 1.27 bits per heavy atom. The molecule has 0 fully saturated rings. The van der Waals surface area contributed by atoms with Gasteiger partial charge in [0, 0.05) is 13.0 Å². The summed E-state index contributed by atoms with van der Waals surface area (Å²) in [4.78, 5) is 11.4. The van der Waals surface area contributed by atoms with Gasteiger partial charge in [0.1, 0.15) is 0 Å². The van der Waals surface area contributed by atoms with Crippen LogP contribution >= 0.6 is 0 Å². The third-order valence-electron chi connectivity index (χ3n) is 2.12. The van der Waals surface area contributed by atoms with Crippen molar-refractivity contribution in [3.05, 3.63) is 23.8 Å². The molecule has 1 amide bonds. The van der Waals surface area contributed by atoms with Crippen LogP contribution in [0.15, 0.2) is 23.8 Å². The molecular weight excluding hydrogens is 186 g/mol. The molecule has 0 saturated carbocycles. The molecule has 0 atom stereocenters. The first-order chi connectivity index (χ1) is 7.24. The van der Waals surface area contributed by atoms with Gasteiger partial charge in [-0.25, -0.2) is 0 Å². The van der Waals surface area contributed by atoms with Crippen molar-refractivity contribution in [2.24, 2.45) is 0 Å². The normalized spacial score (nSPS) is 12.1. The number of carbonyl (C=O) groups excluding carboxylic acids is 1. The summed E-state index contributed by atoms with van der Waals surface area (Å²) in [5.41, 5.74) is 1.19. The molecule has 0 aromatic carbocycles. The molecule has 0 spiro atoms. The topological polar surface area (TPSA) is 29.1 Å². The molecular formula is C13H23NO. The van der Waals surface area contributed by atoms with E-state index in [9.17, 15) is 4.79 Å². The van der Waals surface area contributed by atoms with Crippen molar-refractivity contribution < 1.29 is 4.79 Å². The Labute approximate surface area is 93.5 Å². The predicted molar refractivity (Wildman–Crippen MR) is 65.7 cm³/mol. The fraction of sp³-hybridized carbons (Fsp3) is 0.615. The van der Waals surface area contributed by atoms with Gasteiger partial charge in [0.15, 0.2) is 0 Å². The molecule has 0 radical (unpaired) electrons. The molecule has 0 aromatic rings. The highest BCUT2D eigenvalue weighted by atomic mass is 16.1. The SMILES string of the molecule is CCC=CC=C(CC)CC(=O)NCCC.